The molecule has 0 saturated carbocycles. The van der Waals surface area contributed by atoms with E-state index in [0.717, 1.165) is 5.69 Å². The lowest BCUT2D eigenvalue weighted by Crippen LogP contribution is -2.29. The number of carboxylic acids is 1. The van der Waals surface area contributed by atoms with Gasteiger partial charge in [0.1, 0.15) is 0 Å². The smallest absolute Gasteiger partial charge is 0.307 e. The second kappa shape index (κ2) is 11.1. The van der Waals surface area contributed by atoms with Crippen LogP contribution in [-0.2, 0) is 30.3 Å². The van der Waals surface area contributed by atoms with Crippen LogP contribution in [0.15, 0.2) is 24.3 Å². The molecule has 0 aliphatic carbocycles. The Morgan fingerprint density at radius 3 is 1.80 bits per heavy atom. The monoisotopic (exact) mass is 351 g/mol. The first-order valence-electron chi connectivity index (χ1n) is 8.33. The van der Waals surface area contributed by atoms with Crippen LogP contribution >= 0.6 is 0 Å². The number of carbonyl (C=O) groups is 3. The third-order valence-electron chi connectivity index (χ3n) is 3.44. The van der Waals surface area contributed by atoms with E-state index in [0.29, 0.717) is 31.9 Å². The summed E-state index contributed by atoms with van der Waals surface area (Å²) in [4.78, 5) is 35.8. The molecule has 0 fully saturated rings. The minimum atomic E-state index is -0.894. The lowest BCUT2D eigenvalue weighted by atomic mass is 10.1. The van der Waals surface area contributed by atoms with Gasteiger partial charge in [0.25, 0.3) is 0 Å². The van der Waals surface area contributed by atoms with Crippen LogP contribution in [0.3, 0.4) is 0 Å². The zero-order chi connectivity index (χ0) is 18.7. The van der Waals surface area contributed by atoms with Crippen LogP contribution in [0.25, 0.3) is 0 Å². The molecule has 1 aromatic carbocycles. The number of carbonyl (C=O) groups excluding carboxylic acids is 2. The summed E-state index contributed by atoms with van der Waals surface area (Å²) in [6, 6.07) is 7.03. The predicted octanol–water partition coefficient (Wildman–Crippen LogP) is 2.03. The van der Waals surface area contributed by atoms with Crippen molar-refractivity contribution in [3.63, 3.8) is 0 Å². The summed E-state index contributed by atoms with van der Waals surface area (Å²) in [5.74, 6) is -1.49. The molecule has 138 valence electrons. The van der Waals surface area contributed by atoms with Gasteiger partial charge < -0.3 is 19.5 Å². The van der Waals surface area contributed by atoms with Crippen LogP contribution < -0.4 is 4.90 Å². The summed E-state index contributed by atoms with van der Waals surface area (Å²) in [5, 5.41) is 8.82. The van der Waals surface area contributed by atoms with Crippen molar-refractivity contribution in [1.82, 2.24) is 0 Å². The highest BCUT2D eigenvalue weighted by molar-refractivity contribution is 5.72. The van der Waals surface area contributed by atoms with Crippen LogP contribution in [0.2, 0.25) is 0 Å². The molecule has 1 rings (SSSR count). The third kappa shape index (κ3) is 8.19. The number of esters is 2. The number of carboxylic acid groups (broad SMARTS) is 1. The second-order valence-electron chi connectivity index (χ2n) is 5.33. The number of aliphatic carboxylic acids is 1. The molecule has 1 aromatic rings. The summed E-state index contributed by atoms with van der Waals surface area (Å²) in [6.07, 6.45) is 0.354. The summed E-state index contributed by atoms with van der Waals surface area (Å²) < 4.78 is 9.87. The van der Waals surface area contributed by atoms with E-state index < -0.39 is 5.97 Å². The van der Waals surface area contributed by atoms with E-state index in [1.54, 1.807) is 38.1 Å². The fourth-order valence-corrected chi connectivity index (χ4v) is 2.29. The van der Waals surface area contributed by atoms with Crippen molar-refractivity contribution in [3.8, 4) is 0 Å². The van der Waals surface area contributed by atoms with E-state index in [1.807, 2.05) is 4.90 Å². The first-order valence-corrected chi connectivity index (χ1v) is 8.33. The van der Waals surface area contributed by atoms with Crippen molar-refractivity contribution in [1.29, 1.82) is 0 Å². The van der Waals surface area contributed by atoms with E-state index in [9.17, 15) is 14.4 Å². The molecule has 0 spiro atoms. The van der Waals surface area contributed by atoms with Crippen molar-refractivity contribution in [2.45, 2.75) is 33.1 Å². The number of hydrogen-bond donors (Lipinski definition) is 1. The van der Waals surface area contributed by atoms with E-state index in [1.165, 1.54) is 0 Å². The van der Waals surface area contributed by atoms with Crippen LogP contribution in [0.5, 0.6) is 0 Å². The summed E-state index contributed by atoms with van der Waals surface area (Å²) in [5.41, 5.74) is 1.50. The third-order valence-corrected chi connectivity index (χ3v) is 3.44. The van der Waals surface area contributed by atoms with Gasteiger partial charge in [-0.05, 0) is 31.5 Å². The molecule has 0 saturated heterocycles. The molecule has 0 heterocycles. The highest BCUT2D eigenvalue weighted by atomic mass is 16.5. The molecule has 1 N–H and O–H groups in total. The Morgan fingerprint density at radius 1 is 0.920 bits per heavy atom. The maximum atomic E-state index is 11.6. The Morgan fingerprint density at radius 2 is 1.40 bits per heavy atom. The minimum absolute atomic E-state index is 0.0497. The molecular weight excluding hydrogens is 326 g/mol. The number of ether oxygens (including phenoxy) is 2. The topological polar surface area (TPSA) is 93.1 Å². The van der Waals surface area contributed by atoms with Crippen molar-refractivity contribution >= 4 is 23.6 Å². The van der Waals surface area contributed by atoms with Crippen LogP contribution in [0.1, 0.15) is 32.3 Å². The first-order chi connectivity index (χ1) is 12.0. The zero-order valence-corrected chi connectivity index (χ0v) is 14.7. The highest BCUT2D eigenvalue weighted by Gasteiger charge is 2.13. The molecule has 0 aliphatic heterocycles. The lowest BCUT2D eigenvalue weighted by Gasteiger charge is -2.24. The highest BCUT2D eigenvalue weighted by Crippen LogP contribution is 2.17. The van der Waals surface area contributed by atoms with Crippen molar-refractivity contribution in [3.05, 3.63) is 29.8 Å². The Balaban J connectivity index is 2.75. The Bertz CT molecular complexity index is 547. The van der Waals surface area contributed by atoms with Gasteiger partial charge in [0.05, 0.1) is 32.5 Å². The number of nitrogens with zero attached hydrogens (tertiary/aromatic N) is 1. The Hall–Kier alpha value is -2.57. The quantitative estimate of drug-likeness (QED) is 0.610. The summed E-state index contributed by atoms with van der Waals surface area (Å²) in [6.45, 7) is 4.94. The molecule has 0 aliphatic rings. The molecule has 7 heteroatoms. The molecular formula is C18H25NO6. The predicted molar refractivity (Wildman–Crippen MR) is 92.5 cm³/mol. The molecule has 0 aromatic heterocycles. The normalized spacial score (nSPS) is 10.2. The SMILES string of the molecule is CCOC(=O)CCN(CCC(=O)OCC)c1ccc(CC(=O)O)cc1. The van der Waals surface area contributed by atoms with E-state index in [2.05, 4.69) is 0 Å². The number of anilines is 1. The molecule has 0 unspecified atom stereocenters. The fourth-order valence-electron chi connectivity index (χ4n) is 2.29. The average molecular weight is 351 g/mol. The van der Waals surface area contributed by atoms with E-state index in [4.69, 9.17) is 14.6 Å². The van der Waals surface area contributed by atoms with Crippen molar-refractivity contribution < 1.29 is 29.0 Å². The van der Waals surface area contributed by atoms with Gasteiger partial charge in [-0.15, -0.1) is 0 Å². The van der Waals surface area contributed by atoms with Gasteiger partial charge in [0.2, 0.25) is 0 Å². The largest absolute Gasteiger partial charge is 0.481 e. The Labute approximate surface area is 147 Å². The summed E-state index contributed by atoms with van der Waals surface area (Å²) >= 11 is 0. The number of benzene rings is 1. The van der Waals surface area contributed by atoms with Gasteiger partial charge in [-0.3, -0.25) is 14.4 Å². The van der Waals surface area contributed by atoms with Gasteiger partial charge in [-0.2, -0.15) is 0 Å². The molecule has 7 nitrogen and oxygen atoms in total. The van der Waals surface area contributed by atoms with Crippen LogP contribution in [0.4, 0.5) is 5.69 Å². The van der Waals surface area contributed by atoms with Gasteiger partial charge in [-0.1, -0.05) is 12.1 Å². The van der Waals surface area contributed by atoms with E-state index >= 15 is 0 Å². The average Bonchev–Trinajstić information content (AvgIpc) is 2.56. The van der Waals surface area contributed by atoms with Gasteiger partial charge >= 0.3 is 17.9 Å². The zero-order valence-electron chi connectivity index (χ0n) is 14.7. The van der Waals surface area contributed by atoms with Gasteiger partial charge in [0.15, 0.2) is 0 Å². The minimum Gasteiger partial charge on any atom is -0.481 e. The lowest BCUT2D eigenvalue weighted by molar-refractivity contribution is -0.143. The molecule has 0 bridgehead atoms. The van der Waals surface area contributed by atoms with Crippen LogP contribution in [0, 0.1) is 0 Å². The van der Waals surface area contributed by atoms with Gasteiger partial charge in [0, 0.05) is 18.8 Å². The van der Waals surface area contributed by atoms with Crippen molar-refractivity contribution in [2.24, 2.45) is 0 Å². The van der Waals surface area contributed by atoms with Gasteiger partial charge in [-0.25, -0.2) is 0 Å². The number of rotatable bonds is 11. The molecule has 0 amide bonds. The fraction of sp³-hybridized carbons (Fsp3) is 0.500. The van der Waals surface area contributed by atoms with Crippen LogP contribution in [-0.4, -0.2) is 49.3 Å². The molecule has 0 radical (unpaired) electrons. The van der Waals surface area contributed by atoms with E-state index in [-0.39, 0.29) is 31.2 Å². The maximum absolute atomic E-state index is 11.6. The molecule has 25 heavy (non-hydrogen) atoms. The first kappa shape index (κ1) is 20.5. The number of hydrogen-bond acceptors (Lipinski definition) is 6. The standard InChI is InChI=1S/C18H25NO6/c1-3-24-17(22)9-11-19(12-10-18(23)25-4-2)15-7-5-14(6-8-15)13-16(20)21/h5-8H,3-4,9-13H2,1-2H3,(H,20,21). The second-order valence-corrected chi connectivity index (χ2v) is 5.33. The summed E-state index contributed by atoms with van der Waals surface area (Å²) in [7, 11) is 0. The maximum Gasteiger partial charge on any atom is 0.307 e. The molecule has 0 atom stereocenters. The Kier molecular flexibility index (Phi) is 9.06. The van der Waals surface area contributed by atoms with Crippen molar-refractivity contribution in [2.75, 3.05) is 31.2 Å².